The molecule has 0 saturated heterocycles. The van der Waals surface area contributed by atoms with E-state index < -0.39 is 0 Å². The number of amides is 1. The van der Waals surface area contributed by atoms with Crippen LogP contribution in [0.15, 0.2) is 0 Å². The second-order valence-corrected chi connectivity index (χ2v) is 4.12. The third-order valence-corrected chi connectivity index (χ3v) is 3.06. The average Bonchev–Trinajstić information content (AvgIpc) is 2.70. The number of hydrogen-bond donors (Lipinski definition) is 1. The Morgan fingerprint density at radius 3 is 2.64 bits per heavy atom. The fourth-order valence-corrected chi connectivity index (χ4v) is 2.02. The highest BCUT2D eigenvalue weighted by Crippen LogP contribution is 2.21. The van der Waals surface area contributed by atoms with Crippen molar-refractivity contribution in [1.29, 1.82) is 0 Å². The topological polar surface area (TPSA) is 32.3 Å². The van der Waals surface area contributed by atoms with Gasteiger partial charge in [0, 0.05) is 25.6 Å². The SMILES string of the molecule is CCC(=O)NCCN(C)C1CCCC1. The van der Waals surface area contributed by atoms with Crippen molar-refractivity contribution in [1.82, 2.24) is 10.2 Å². The summed E-state index contributed by atoms with van der Waals surface area (Å²) in [7, 11) is 2.16. The van der Waals surface area contributed by atoms with E-state index in [0.717, 1.165) is 19.1 Å². The van der Waals surface area contributed by atoms with Crippen LogP contribution in [0.1, 0.15) is 39.0 Å². The number of carbonyl (C=O) groups excluding carboxylic acids is 1. The van der Waals surface area contributed by atoms with Gasteiger partial charge in [0.2, 0.25) is 5.91 Å². The molecule has 3 nitrogen and oxygen atoms in total. The highest BCUT2D eigenvalue weighted by Gasteiger charge is 2.18. The summed E-state index contributed by atoms with van der Waals surface area (Å²) in [6.45, 7) is 3.66. The number of hydrogen-bond acceptors (Lipinski definition) is 2. The van der Waals surface area contributed by atoms with Gasteiger partial charge in [-0.1, -0.05) is 19.8 Å². The zero-order valence-corrected chi connectivity index (χ0v) is 9.38. The van der Waals surface area contributed by atoms with Crippen molar-refractivity contribution in [2.24, 2.45) is 0 Å². The highest BCUT2D eigenvalue weighted by molar-refractivity contribution is 5.75. The van der Waals surface area contributed by atoms with Crippen molar-refractivity contribution in [2.75, 3.05) is 20.1 Å². The first-order chi connectivity index (χ1) is 6.74. The van der Waals surface area contributed by atoms with Crippen molar-refractivity contribution in [3.63, 3.8) is 0 Å². The number of rotatable bonds is 5. The van der Waals surface area contributed by atoms with Crippen LogP contribution in [-0.4, -0.2) is 37.0 Å². The van der Waals surface area contributed by atoms with Crippen LogP contribution in [-0.2, 0) is 4.79 Å². The second-order valence-electron chi connectivity index (χ2n) is 4.12. The summed E-state index contributed by atoms with van der Waals surface area (Å²) >= 11 is 0. The monoisotopic (exact) mass is 198 g/mol. The van der Waals surface area contributed by atoms with Gasteiger partial charge in [-0.25, -0.2) is 0 Å². The van der Waals surface area contributed by atoms with Crippen LogP contribution < -0.4 is 5.32 Å². The molecule has 1 amide bonds. The van der Waals surface area contributed by atoms with Gasteiger partial charge < -0.3 is 10.2 Å². The first-order valence-electron chi connectivity index (χ1n) is 5.71. The van der Waals surface area contributed by atoms with E-state index in [0.29, 0.717) is 6.42 Å². The van der Waals surface area contributed by atoms with Crippen LogP contribution in [0, 0.1) is 0 Å². The van der Waals surface area contributed by atoms with Gasteiger partial charge >= 0.3 is 0 Å². The summed E-state index contributed by atoms with van der Waals surface area (Å²) in [5, 5.41) is 2.91. The Hall–Kier alpha value is -0.570. The fourth-order valence-electron chi connectivity index (χ4n) is 2.02. The Morgan fingerprint density at radius 1 is 1.43 bits per heavy atom. The van der Waals surface area contributed by atoms with Gasteiger partial charge in [0.05, 0.1) is 0 Å². The molecule has 0 aliphatic heterocycles. The van der Waals surface area contributed by atoms with Crippen LogP contribution >= 0.6 is 0 Å². The molecule has 3 heteroatoms. The van der Waals surface area contributed by atoms with E-state index in [4.69, 9.17) is 0 Å². The normalized spacial score (nSPS) is 17.6. The average molecular weight is 198 g/mol. The minimum atomic E-state index is 0.157. The Labute approximate surface area is 86.9 Å². The van der Waals surface area contributed by atoms with Crippen LogP contribution in [0.25, 0.3) is 0 Å². The molecule has 0 unspecified atom stereocenters. The molecule has 1 saturated carbocycles. The minimum absolute atomic E-state index is 0.157. The predicted octanol–water partition coefficient (Wildman–Crippen LogP) is 1.39. The summed E-state index contributed by atoms with van der Waals surface area (Å²) in [4.78, 5) is 13.4. The number of nitrogens with one attached hydrogen (secondary N) is 1. The van der Waals surface area contributed by atoms with E-state index in [1.807, 2.05) is 6.92 Å². The number of carbonyl (C=O) groups is 1. The third kappa shape index (κ3) is 3.66. The molecule has 0 aromatic heterocycles. The zero-order chi connectivity index (χ0) is 10.4. The molecule has 0 radical (unpaired) electrons. The predicted molar refractivity (Wildman–Crippen MR) is 58.2 cm³/mol. The van der Waals surface area contributed by atoms with Gasteiger partial charge in [-0.2, -0.15) is 0 Å². The molecule has 0 heterocycles. The van der Waals surface area contributed by atoms with Crippen LogP contribution in [0.4, 0.5) is 0 Å². The molecule has 0 bridgehead atoms. The maximum absolute atomic E-state index is 11.0. The van der Waals surface area contributed by atoms with E-state index in [1.165, 1.54) is 25.7 Å². The summed E-state index contributed by atoms with van der Waals surface area (Å²) in [5.74, 6) is 0.157. The van der Waals surface area contributed by atoms with Gasteiger partial charge in [-0.05, 0) is 19.9 Å². The van der Waals surface area contributed by atoms with Crippen molar-refractivity contribution >= 4 is 5.91 Å². The van der Waals surface area contributed by atoms with Crippen LogP contribution in [0.5, 0.6) is 0 Å². The molecular formula is C11H22N2O. The maximum atomic E-state index is 11.0. The number of likely N-dealkylation sites (N-methyl/N-ethyl adjacent to an activating group) is 1. The number of nitrogens with zero attached hydrogens (tertiary/aromatic N) is 1. The lowest BCUT2D eigenvalue weighted by Gasteiger charge is -2.23. The van der Waals surface area contributed by atoms with Crippen molar-refractivity contribution < 1.29 is 4.79 Å². The lowest BCUT2D eigenvalue weighted by molar-refractivity contribution is -0.120. The smallest absolute Gasteiger partial charge is 0.219 e. The molecule has 1 N–H and O–H groups in total. The molecular weight excluding hydrogens is 176 g/mol. The summed E-state index contributed by atoms with van der Waals surface area (Å²) < 4.78 is 0. The minimum Gasteiger partial charge on any atom is -0.355 e. The van der Waals surface area contributed by atoms with Crippen molar-refractivity contribution in [3.05, 3.63) is 0 Å². The first kappa shape index (κ1) is 11.5. The van der Waals surface area contributed by atoms with Crippen LogP contribution in [0.2, 0.25) is 0 Å². The highest BCUT2D eigenvalue weighted by atomic mass is 16.1. The maximum Gasteiger partial charge on any atom is 0.219 e. The largest absolute Gasteiger partial charge is 0.355 e. The molecule has 1 aliphatic carbocycles. The third-order valence-electron chi connectivity index (χ3n) is 3.06. The summed E-state index contributed by atoms with van der Waals surface area (Å²) in [6.07, 6.45) is 6.00. The van der Waals surface area contributed by atoms with Crippen molar-refractivity contribution in [3.8, 4) is 0 Å². The molecule has 0 spiro atoms. The van der Waals surface area contributed by atoms with E-state index in [9.17, 15) is 4.79 Å². The van der Waals surface area contributed by atoms with E-state index in [1.54, 1.807) is 0 Å². The van der Waals surface area contributed by atoms with Gasteiger partial charge in [0.15, 0.2) is 0 Å². The summed E-state index contributed by atoms with van der Waals surface area (Å²) in [5.41, 5.74) is 0. The zero-order valence-electron chi connectivity index (χ0n) is 9.38. The first-order valence-corrected chi connectivity index (χ1v) is 5.71. The van der Waals surface area contributed by atoms with Crippen molar-refractivity contribution in [2.45, 2.75) is 45.1 Å². The van der Waals surface area contributed by atoms with Gasteiger partial charge in [0.1, 0.15) is 0 Å². The molecule has 1 fully saturated rings. The molecule has 0 aromatic carbocycles. The Kier molecular flexibility index (Phi) is 4.94. The van der Waals surface area contributed by atoms with Gasteiger partial charge in [-0.15, -0.1) is 0 Å². The standard InChI is InChI=1S/C11H22N2O/c1-3-11(14)12-8-9-13(2)10-6-4-5-7-10/h10H,3-9H2,1-2H3,(H,12,14). The molecule has 1 aliphatic rings. The van der Waals surface area contributed by atoms with Gasteiger partial charge in [0.25, 0.3) is 0 Å². The van der Waals surface area contributed by atoms with E-state index >= 15 is 0 Å². The Balaban J connectivity index is 2.08. The van der Waals surface area contributed by atoms with Gasteiger partial charge in [-0.3, -0.25) is 4.79 Å². The Morgan fingerprint density at radius 2 is 2.07 bits per heavy atom. The molecule has 1 rings (SSSR count). The second kappa shape index (κ2) is 6.02. The molecule has 0 atom stereocenters. The van der Waals surface area contributed by atoms with E-state index in [-0.39, 0.29) is 5.91 Å². The Bertz CT molecular complexity index is 176. The lowest BCUT2D eigenvalue weighted by atomic mass is 10.2. The van der Waals surface area contributed by atoms with E-state index in [2.05, 4.69) is 17.3 Å². The summed E-state index contributed by atoms with van der Waals surface area (Å²) in [6, 6.07) is 0.758. The molecule has 82 valence electrons. The molecule has 0 aromatic rings. The lowest BCUT2D eigenvalue weighted by Crippen LogP contribution is -2.37. The quantitative estimate of drug-likeness (QED) is 0.724. The van der Waals surface area contributed by atoms with Crippen LogP contribution in [0.3, 0.4) is 0 Å². The fraction of sp³-hybridized carbons (Fsp3) is 0.909. The molecule has 14 heavy (non-hydrogen) atoms.